The van der Waals surface area contributed by atoms with Gasteiger partial charge in [-0.05, 0) is 24.4 Å². The van der Waals surface area contributed by atoms with Crippen molar-refractivity contribution >= 4 is 28.7 Å². The lowest BCUT2D eigenvalue weighted by Crippen LogP contribution is -2.20. The smallest absolute Gasteiger partial charge is 0.376 e. The molecule has 0 aliphatic heterocycles. The SMILES string of the molecule is NC(=S)Nc1cc(C(F)(F)F)ccc1[N+](=O)[O-]. The van der Waals surface area contributed by atoms with Crippen molar-refractivity contribution < 1.29 is 18.1 Å². The predicted molar refractivity (Wildman–Crippen MR) is 58.5 cm³/mol. The molecule has 0 radical (unpaired) electrons. The van der Waals surface area contributed by atoms with Crippen molar-refractivity contribution in [2.75, 3.05) is 5.32 Å². The summed E-state index contributed by atoms with van der Waals surface area (Å²) >= 11 is 4.42. The van der Waals surface area contributed by atoms with Gasteiger partial charge in [0.05, 0.1) is 10.5 Å². The summed E-state index contributed by atoms with van der Waals surface area (Å²) in [6.07, 6.45) is -4.60. The van der Waals surface area contributed by atoms with E-state index in [9.17, 15) is 23.3 Å². The Morgan fingerprint density at radius 2 is 2.06 bits per heavy atom. The van der Waals surface area contributed by atoms with Crippen LogP contribution < -0.4 is 11.1 Å². The van der Waals surface area contributed by atoms with Gasteiger partial charge in [-0.25, -0.2) is 0 Å². The van der Waals surface area contributed by atoms with Crippen LogP contribution in [0, 0.1) is 10.1 Å². The Morgan fingerprint density at radius 3 is 2.47 bits per heavy atom. The quantitative estimate of drug-likeness (QED) is 0.487. The number of benzene rings is 1. The molecule has 17 heavy (non-hydrogen) atoms. The Kier molecular flexibility index (Phi) is 3.51. The van der Waals surface area contributed by atoms with E-state index in [1.54, 1.807) is 0 Å². The van der Waals surface area contributed by atoms with Crippen LogP contribution in [0.15, 0.2) is 18.2 Å². The van der Waals surface area contributed by atoms with Crippen molar-refractivity contribution in [1.82, 2.24) is 0 Å². The Labute approximate surface area is 98.6 Å². The van der Waals surface area contributed by atoms with Gasteiger partial charge in [-0.3, -0.25) is 10.1 Å². The largest absolute Gasteiger partial charge is 0.416 e. The third-order valence-electron chi connectivity index (χ3n) is 1.78. The molecule has 0 heterocycles. The van der Waals surface area contributed by atoms with Crippen molar-refractivity contribution in [3.63, 3.8) is 0 Å². The molecule has 0 aliphatic rings. The molecule has 0 fully saturated rings. The third kappa shape index (κ3) is 3.28. The Bertz CT molecular complexity index is 476. The number of thiocarbonyl (C=S) groups is 1. The summed E-state index contributed by atoms with van der Waals surface area (Å²) in [6.45, 7) is 0. The average Bonchev–Trinajstić information content (AvgIpc) is 2.14. The molecule has 0 aromatic heterocycles. The van der Waals surface area contributed by atoms with Gasteiger partial charge in [0.1, 0.15) is 5.69 Å². The minimum absolute atomic E-state index is 0.354. The molecule has 92 valence electrons. The molecule has 1 aromatic rings. The number of nitrogens with two attached hydrogens (primary N) is 1. The number of hydrogen-bond donors (Lipinski definition) is 2. The molecule has 9 heteroatoms. The standard InChI is InChI=1S/C8H6F3N3O2S/c9-8(10,11)4-1-2-6(14(15)16)5(3-4)13-7(12)17/h1-3H,(H3,12,13,17). The summed E-state index contributed by atoms with van der Waals surface area (Å²) < 4.78 is 37.1. The molecule has 0 saturated heterocycles. The number of anilines is 1. The van der Waals surface area contributed by atoms with E-state index in [0.717, 1.165) is 6.07 Å². The van der Waals surface area contributed by atoms with Crippen molar-refractivity contribution in [2.45, 2.75) is 6.18 Å². The van der Waals surface area contributed by atoms with Gasteiger partial charge >= 0.3 is 6.18 Å². The van der Waals surface area contributed by atoms with Gasteiger partial charge in [0.25, 0.3) is 5.69 Å². The van der Waals surface area contributed by atoms with Crippen LogP contribution in [-0.2, 0) is 6.18 Å². The normalized spacial score (nSPS) is 11.0. The lowest BCUT2D eigenvalue weighted by molar-refractivity contribution is -0.383. The summed E-state index contributed by atoms with van der Waals surface area (Å²) in [5, 5.41) is 12.3. The van der Waals surface area contributed by atoms with Crippen LogP contribution in [-0.4, -0.2) is 10.0 Å². The van der Waals surface area contributed by atoms with Gasteiger partial charge in [-0.2, -0.15) is 13.2 Å². The second-order valence-electron chi connectivity index (χ2n) is 2.98. The first-order valence-electron chi connectivity index (χ1n) is 4.14. The Balaban J connectivity index is 3.29. The molecular weight excluding hydrogens is 259 g/mol. The number of halogens is 3. The van der Waals surface area contributed by atoms with Gasteiger partial charge in [-0.1, -0.05) is 0 Å². The van der Waals surface area contributed by atoms with Crippen LogP contribution in [0.4, 0.5) is 24.5 Å². The van der Waals surface area contributed by atoms with Gasteiger partial charge in [-0.15, -0.1) is 0 Å². The topological polar surface area (TPSA) is 81.2 Å². The number of hydrogen-bond acceptors (Lipinski definition) is 3. The highest BCUT2D eigenvalue weighted by Gasteiger charge is 2.32. The van der Waals surface area contributed by atoms with Crippen molar-refractivity contribution in [1.29, 1.82) is 0 Å². The van der Waals surface area contributed by atoms with E-state index in [2.05, 4.69) is 17.5 Å². The number of rotatable bonds is 2. The highest BCUT2D eigenvalue weighted by atomic mass is 32.1. The third-order valence-corrected chi connectivity index (χ3v) is 1.88. The predicted octanol–water partition coefficient (Wildman–Crippen LogP) is 2.27. The molecule has 1 rings (SSSR count). The minimum Gasteiger partial charge on any atom is -0.376 e. The molecule has 0 amide bonds. The first kappa shape index (κ1) is 13.2. The molecule has 1 aromatic carbocycles. The van der Waals surface area contributed by atoms with E-state index >= 15 is 0 Å². The molecule has 0 saturated carbocycles. The molecule has 0 unspecified atom stereocenters. The number of nitrogens with one attached hydrogen (secondary N) is 1. The van der Waals surface area contributed by atoms with E-state index in [1.807, 2.05) is 0 Å². The van der Waals surface area contributed by atoms with E-state index in [-0.39, 0.29) is 5.11 Å². The van der Waals surface area contributed by atoms with Crippen LogP contribution in [0.1, 0.15) is 5.56 Å². The van der Waals surface area contributed by atoms with Gasteiger partial charge in [0, 0.05) is 6.07 Å². The van der Waals surface area contributed by atoms with E-state index in [4.69, 9.17) is 5.73 Å². The first-order valence-corrected chi connectivity index (χ1v) is 4.54. The maximum atomic E-state index is 12.4. The maximum Gasteiger partial charge on any atom is 0.416 e. The number of nitrogens with zero attached hydrogens (tertiary/aromatic N) is 1. The number of alkyl halides is 3. The molecule has 0 atom stereocenters. The highest BCUT2D eigenvalue weighted by Crippen LogP contribution is 2.34. The van der Waals surface area contributed by atoms with Crippen LogP contribution in [0.5, 0.6) is 0 Å². The van der Waals surface area contributed by atoms with E-state index in [1.165, 1.54) is 0 Å². The fourth-order valence-corrected chi connectivity index (χ4v) is 1.21. The number of nitro benzene ring substituents is 1. The molecule has 3 N–H and O–H groups in total. The summed E-state index contributed by atoms with van der Waals surface area (Å²) in [5.41, 5.74) is 3.12. The van der Waals surface area contributed by atoms with Crippen LogP contribution in [0.2, 0.25) is 0 Å². The first-order chi connectivity index (χ1) is 7.71. The van der Waals surface area contributed by atoms with Crippen LogP contribution >= 0.6 is 12.2 Å². The maximum absolute atomic E-state index is 12.4. The highest BCUT2D eigenvalue weighted by molar-refractivity contribution is 7.80. The lowest BCUT2D eigenvalue weighted by Gasteiger charge is -2.10. The average molecular weight is 265 g/mol. The Hall–Kier alpha value is -1.90. The molecular formula is C8H6F3N3O2S. The Morgan fingerprint density at radius 1 is 1.47 bits per heavy atom. The van der Waals surface area contributed by atoms with Crippen molar-refractivity contribution in [3.05, 3.63) is 33.9 Å². The monoisotopic (exact) mass is 265 g/mol. The zero-order valence-corrected chi connectivity index (χ0v) is 8.93. The van der Waals surface area contributed by atoms with Gasteiger partial charge in [0.15, 0.2) is 5.11 Å². The molecule has 0 bridgehead atoms. The van der Waals surface area contributed by atoms with Crippen LogP contribution in [0.25, 0.3) is 0 Å². The zero-order chi connectivity index (χ0) is 13.2. The summed E-state index contributed by atoms with van der Waals surface area (Å²) in [7, 11) is 0. The van der Waals surface area contributed by atoms with Crippen molar-refractivity contribution in [3.8, 4) is 0 Å². The number of nitro groups is 1. The molecule has 5 nitrogen and oxygen atoms in total. The zero-order valence-electron chi connectivity index (χ0n) is 8.12. The molecule has 0 aliphatic carbocycles. The lowest BCUT2D eigenvalue weighted by atomic mass is 10.1. The summed E-state index contributed by atoms with van der Waals surface area (Å²) in [4.78, 5) is 9.73. The van der Waals surface area contributed by atoms with Gasteiger partial charge in [0.2, 0.25) is 0 Å². The van der Waals surface area contributed by atoms with Crippen molar-refractivity contribution in [2.24, 2.45) is 5.73 Å². The second kappa shape index (κ2) is 4.53. The van der Waals surface area contributed by atoms with Gasteiger partial charge < -0.3 is 11.1 Å². The summed E-state index contributed by atoms with van der Waals surface area (Å²) in [6, 6.07) is 1.93. The second-order valence-corrected chi connectivity index (χ2v) is 3.42. The fourth-order valence-electron chi connectivity index (χ4n) is 1.10. The van der Waals surface area contributed by atoms with Crippen LogP contribution in [0.3, 0.4) is 0 Å². The van der Waals surface area contributed by atoms with E-state index in [0.29, 0.717) is 12.1 Å². The minimum atomic E-state index is -4.60. The fraction of sp³-hybridized carbons (Fsp3) is 0.125. The molecule has 0 spiro atoms. The van der Waals surface area contributed by atoms with E-state index < -0.39 is 28.0 Å². The summed E-state index contributed by atoms with van der Waals surface area (Å²) in [5.74, 6) is 0.